The summed E-state index contributed by atoms with van der Waals surface area (Å²) in [5.41, 5.74) is 2.34. The summed E-state index contributed by atoms with van der Waals surface area (Å²) >= 11 is 0. The van der Waals surface area contributed by atoms with Gasteiger partial charge in [-0.2, -0.15) is 5.10 Å². The summed E-state index contributed by atoms with van der Waals surface area (Å²) in [4.78, 5) is 2.62. The SMILES string of the molecule is COc1c(CN2CCCC2C2CCCN2)c(C)nn1C. The van der Waals surface area contributed by atoms with Gasteiger partial charge in [-0.15, -0.1) is 0 Å². The lowest BCUT2D eigenvalue weighted by Crippen LogP contribution is -2.43. The average molecular weight is 278 g/mol. The lowest BCUT2D eigenvalue weighted by Gasteiger charge is -2.29. The molecule has 0 amide bonds. The van der Waals surface area contributed by atoms with Gasteiger partial charge in [-0.25, -0.2) is 4.68 Å². The number of methoxy groups -OCH3 is 1. The van der Waals surface area contributed by atoms with Gasteiger partial charge in [0, 0.05) is 25.7 Å². The summed E-state index contributed by atoms with van der Waals surface area (Å²) in [6.45, 7) is 5.42. The number of rotatable bonds is 4. The number of aromatic nitrogens is 2. The Morgan fingerprint density at radius 3 is 2.90 bits per heavy atom. The minimum Gasteiger partial charge on any atom is -0.481 e. The molecule has 2 aliphatic rings. The van der Waals surface area contributed by atoms with Crippen molar-refractivity contribution in [1.29, 1.82) is 0 Å². The van der Waals surface area contributed by atoms with E-state index in [1.54, 1.807) is 7.11 Å². The van der Waals surface area contributed by atoms with E-state index in [0.29, 0.717) is 12.1 Å². The summed E-state index contributed by atoms with van der Waals surface area (Å²) in [6.07, 6.45) is 5.28. The Kier molecular flexibility index (Phi) is 3.98. The van der Waals surface area contributed by atoms with Gasteiger partial charge in [0.15, 0.2) is 0 Å². The minimum absolute atomic E-state index is 0.681. The molecular weight excluding hydrogens is 252 g/mol. The summed E-state index contributed by atoms with van der Waals surface area (Å²) in [7, 11) is 3.69. The van der Waals surface area contributed by atoms with Crippen LogP contribution in [0.5, 0.6) is 5.88 Å². The topological polar surface area (TPSA) is 42.3 Å². The van der Waals surface area contributed by atoms with E-state index in [2.05, 4.69) is 22.2 Å². The Labute approximate surface area is 121 Å². The van der Waals surface area contributed by atoms with E-state index in [1.807, 2.05) is 11.7 Å². The van der Waals surface area contributed by atoms with Crippen molar-refractivity contribution in [3.63, 3.8) is 0 Å². The van der Waals surface area contributed by atoms with Gasteiger partial charge in [0.05, 0.1) is 18.4 Å². The predicted octanol–water partition coefficient (Wildman–Crippen LogP) is 1.45. The number of ether oxygens (including phenoxy) is 1. The summed E-state index contributed by atoms with van der Waals surface area (Å²) in [5, 5.41) is 8.16. The Bertz CT molecular complexity index is 465. The summed E-state index contributed by atoms with van der Waals surface area (Å²) in [6, 6.07) is 1.36. The number of hydrogen-bond acceptors (Lipinski definition) is 4. The van der Waals surface area contributed by atoms with Crippen LogP contribution in [0, 0.1) is 6.92 Å². The Hall–Kier alpha value is -1.07. The largest absolute Gasteiger partial charge is 0.481 e. The molecule has 0 aliphatic carbocycles. The van der Waals surface area contributed by atoms with Crippen LogP contribution in [0.4, 0.5) is 0 Å². The van der Waals surface area contributed by atoms with E-state index < -0.39 is 0 Å². The molecule has 5 nitrogen and oxygen atoms in total. The Morgan fingerprint density at radius 2 is 2.20 bits per heavy atom. The van der Waals surface area contributed by atoms with Gasteiger partial charge >= 0.3 is 0 Å². The van der Waals surface area contributed by atoms with Gasteiger partial charge < -0.3 is 10.1 Å². The third-order valence-corrected chi connectivity index (χ3v) is 4.82. The number of nitrogens with zero attached hydrogens (tertiary/aromatic N) is 3. The fourth-order valence-electron chi connectivity index (χ4n) is 3.87. The molecule has 2 saturated heterocycles. The highest BCUT2D eigenvalue weighted by atomic mass is 16.5. The Balaban J connectivity index is 1.76. The van der Waals surface area contributed by atoms with Crippen molar-refractivity contribution in [3.8, 4) is 5.88 Å². The van der Waals surface area contributed by atoms with Crippen LogP contribution < -0.4 is 10.1 Å². The van der Waals surface area contributed by atoms with Crippen molar-refractivity contribution in [2.45, 2.75) is 51.2 Å². The first-order valence-corrected chi connectivity index (χ1v) is 7.74. The van der Waals surface area contributed by atoms with Gasteiger partial charge in [-0.05, 0) is 45.7 Å². The molecule has 3 rings (SSSR count). The fourth-order valence-corrected chi connectivity index (χ4v) is 3.87. The molecule has 2 unspecified atom stereocenters. The second-order valence-corrected chi connectivity index (χ2v) is 6.08. The second kappa shape index (κ2) is 5.74. The maximum atomic E-state index is 5.53. The molecule has 2 aliphatic heterocycles. The molecule has 0 bridgehead atoms. The first-order chi connectivity index (χ1) is 9.70. The zero-order valence-electron chi connectivity index (χ0n) is 12.9. The van der Waals surface area contributed by atoms with Gasteiger partial charge in [-0.3, -0.25) is 4.90 Å². The maximum Gasteiger partial charge on any atom is 0.216 e. The van der Waals surface area contributed by atoms with E-state index in [4.69, 9.17) is 4.74 Å². The molecule has 1 N–H and O–H groups in total. The van der Waals surface area contributed by atoms with Crippen molar-refractivity contribution < 1.29 is 4.74 Å². The number of aryl methyl sites for hydroxylation is 2. The van der Waals surface area contributed by atoms with Crippen LogP contribution in [0.1, 0.15) is 36.9 Å². The number of hydrogen-bond donors (Lipinski definition) is 1. The minimum atomic E-state index is 0.681. The predicted molar refractivity (Wildman–Crippen MR) is 79.0 cm³/mol. The number of likely N-dealkylation sites (tertiary alicyclic amines) is 1. The average Bonchev–Trinajstić information content (AvgIpc) is 3.12. The third-order valence-electron chi connectivity index (χ3n) is 4.82. The highest BCUT2D eigenvalue weighted by molar-refractivity contribution is 5.31. The molecule has 1 aromatic heterocycles. The highest BCUT2D eigenvalue weighted by Crippen LogP contribution is 2.30. The summed E-state index contributed by atoms with van der Waals surface area (Å²) < 4.78 is 7.38. The second-order valence-electron chi connectivity index (χ2n) is 6.08. The van der Waals surface area contributed by atoms with E-state index in [0.717, 1.165) is 18.1 Å². The van der Waals surface area contributed by atoms with E-state index in [1.165, 1.54) is 44.3 Å². The van der Waals surface area contributed by atoms with Crippen LogP contribution in [-0.4, -0.2) is 47.0 Å². The molecule has 0 spiro atoms. The lowest BCUT2D eigenvalue weighted by molar-refractivity contribution is 0.203. The molecule has 5 heteroatoms. The van der Waals surface area contributed by atoms with Crippen molar-refractivity contribution in [2.75, 3.05) is 20.2 Å². The molecule has 2 fully saturated rings. The van der Waals surface area contributed by atoms with Gasteiger partial charge in [0.1, 0.15) is 0 Å². The van der Waals surface area contributed by atoms with Crippen LogP contribution >= 0.6 is 0 Å². The maximum absolute atomic E-state index is 5.53. The molecule has 0 radical (unpaired) electrons. The molecule has 0 saturated carbocycles. The first-order valence-electron chi connectivity index (χ1n) is 7.74. The van der Waals surface area contributed by atoms with Gasteiger partial charge in [0.2, 0.25) is 5.88 Å². The smallest absolute Gasteiger partial charge is 0.216 e. The lowest BCUT2D eigenvalue weighted by atomic mass is 10.0. The van der Waals surface area contributed by atoms with Crippen molar-refractivity contribution in [2.24, 2.45) is 7.05 Å². The van der Waals surface area contributed by atoms with Gasteiger partial charge in [0.25, 0.3) is 0 Å². The standard InChI is InChI=1S/C15H26N4O/c1-11-12(15(20-3)18(2)17-11)10-19-9-5-7-14(19)13-6-4-8-16-13/h13-14,16H,4-10H2,1-3H3. The van der Waals surface area contributed by atoms with Crippen molar-refractivity contribution >= 4 is 0 Å². The van der Waals surface area contributed by atoms with E-state index in [9.17, 15) is 0 Å². The summed E-state index contributed by atoms with van der Waals surface area (Å²) in [5.74, 6) is 0.910. The molecule has 20 heavy (non-hydrogen) atoms. The van der Waals surface area contributed by atoms with Crippen LogP contribution in [0.2, 0.25) is 0 Å². The first kappa shape index (κ1) is 13.9. The van der Waals surface area contributed by atoms with Crippen LogP contribution in [0.3, 0.4) is 0 Å². The van der Waals surface area contributed by atoms with Gasteiger partial charge in [-0.1, -0.05) is 0 Å². The molecule has 3 heterocycles. The van der Waals surface area contributed by atoms with Crippen molar-refractivity contribution in [3.05, 3.63) is 11.3 Å². The quantitative estimate of drug-likeness (QED) is 0.905. The monoisotopic (exact) mass is 278 g/mol. The normalized spacial score (nSPS) is 27.4. The van der Waals surface area contributed by atoms with Crippen LogP contribution in [0.15, 0.2) is 0 Å². The molecular formula is C15H26N4O. The van der Waals surface area contributed by atoms with Crippen LogP contribution in [-0.2, 0) is 13.6 Å². The van der Waals surface area contributed by atoms with Crippen LogP contribution in [0.25, 0.3) is 0 Å². The molecule has 1 aromatic rings. The Morgan fingerprint density at radius 1 is 1.35 bits per heavy atom. The molecule has 112 valence electrons. The number of nitrogens with one attached hydrogen (secondary N) is 1. The molecule has 0 aromatic carbocycles. The zero-order valence-corrected chi connectivity index (χ0v) is 12.9. The third kappa shape index (κ3) is 2.44. The highest BCUT2D eigenvalue weighted by Gasteiger charge is 2.34. The van der Waals surface area contributed by atoms with E-state index in [-0.39, 0.29) is 0 Å². The van der Waals surface area contributed by atoms with E-state index >= 15 is 0 Å². The van der Waals surface area contributed by atoms with Crippen molar-refractivity contribution in [1.82, 2.24) is 20.0 Å². The fraction of sp³-hybridized carbons (Fsp3) is 0.800. The zero-order chi connectivity index (χ0) is 14.1. The molecule has 2 atom stereocenters.